The van der Waals surface area contributed by atoms with Gasteiger partial charge in [0.25, 0.3) is 0 Å². The molecule has 1 heterocycles. The van der Waals surface area contributed by atoms with Gasteiger partial charge in [0.15, 0.2) is 0 Å². The Morgan fingerprint density at radius 3 is 2.43 bits per heavy atom. The number of benzene rings is 1. The zero-order valence-corrected chi connectivity index (χ0v) is 12.0. The second-order valence-corrected chi connectivity index (χ2v) is 5.21. The summed E-state index contributed by atoms with van der Waals surface area (Å²) >= 11 is 0. The minimum atomic E-state index is -4.30. The van der Waals surface area contributed by atoms with Gasteiger partial charge >= 0.3 is 6.18 Å². The van der Waals surface area contributed by atoms with Crippen LogP contribution in [-0.4, -0.2) is 41.9 Å². The van der Waals surface area contributed by atoms with Crippen LogP contribution < -0.4 is 0 Å². The summed E-state index contributed by atoms with van der Waals surface area (Å²) < 4.78 is 38.0. The van der Waals surface area contributed by atoms with E-state index in [0.29, 0.717) is 44.7 Å². The van der Waals surface area contributed by atoms with Gasteiger partial charge < -0.3 is 4.90 Å². The number of amides is 1. The Morgan fingerprint density at radius 1 is 1.19 bits per heavy atom. The first-order chi connectivity index (χ1) is 9.90. The number of piperazine rings is 1. The molecule has 1 aliphatic heterocycles. The van der Waals surface area contributed by atoms with Gasteiger partial charge in [-0.1, -0.05) is 25.1 Å². The molecule has 0 radical (unpaired) electrons. The van der Waals surface area contributed by atoms with Gasteiger partial charge in [0.2, 0.25) is 5.91 Å². The second kappa shape index (κ2) is 6.47. The molecule has 0 spiro atoms. The molecule has 6 heteroatoms. The summed E-state index contributed by atoms with van der Waals surface area (Å²) in [6.45, 7) is 5.00. The average molecular weight is 300 g/mol. The van der Waals surface area contributed by atoms with Gasteiger partial charge in [-0.3, -0.25) is 9.69 Å². The molecule has 3 nitrogen and oxygen atoms in total. The van der Waals surface area contributed by atoms with Gasteiger partial charge in [-0.15, -0.1) is 0 Å². The summed E-state index contributed by atoms with van der Waals surface area (Å²) in [6.07, 6.45) is -3.81. The van der Waals surface area contributed by atoms with E-state index in [1.807, 2.05) is 11.8 Å². The van der Waals surface area contributed by atoms with E-state index >= 15 is 0 Å². The number of alkyl halides is 3. The Kier molecular flexibility index (Phi) is 4.88. The lowest BCUT2D eigenvalue weighted by molar-refractivity contribution is -0.137. The number of hydrogen-bond acceptors (Lipinski definition) is 2. The van der Waals surface area contributed by atoms with Crippen LogP contribution in [0.1, 0.15) is 24.5 Å². The third-order valence-electron chi connectivity index (χ3n) is 3.69. The molecular formula is C15H19F3N2O. The van der Waals surface area contributed by atoms with Crippen molar-refractivity contribution in [1.29, 1.82) is 0 Å². The van der Waals surface area contributed by atoms with E-state index in [0.717, 1.165) is 6.07 Å². The number of hydrogen-bond donors (Lipinski definition) is 0. The van der Waals surface area contributed by atoms with Crippen LogP contribution in [0, 0.1) is 0 Å². The fraction of sp³-hybridized carbons (Fsp3) is 0.533. The van der Waals surface area contributed by atoms with Crippen LogP contribution in [0.4, 0.5) is 13.2 Å². The molecule has 0 bridgehead atoms. The summed E-state index contributed by atoms with van der Waals surface area (Å²) in [5.41, 5.74) is 0.0416. The average Bonchev–Trinajstić information content (AvgIpc) is 2.47. The molecule has 1 saturated heterocycles. The Bertz CT molecular complexity index is 494. The van der Waals surface area contributed by atoms with Gasteiger partial charge in [-0.25, -0.2) is 0 Å². The van der Waals surface area contributed by atoms with Gasteiger partial charge in [0.1, 0.15) is 0 Å². The lowest BCUT2D eigenvalue weighted by atomic mass is 10.1. The lowest BCUT2D eigenvalue weighted by Gasteiger charge is -2.34. The molecule has 116 valence electrons. The van der Waals surface area contributed by atoms with Crippen LogP contribution in [0.2, 0.25) is 0 Å². The predicted molar refractivity (Wildman–Crippen MR) is 73.6 cm³/mol. The first-order valence-corrected chi connectivity index (χ1v) is 7.06. The minimum absolute atomic E-state index is 0.133. The Morgan fingerprint density at radius 2 is 1.86 bits per heavy atom. The van der Waals surface area contributed by atoms with Crippen LogP contribution >= 0.6 is 0 Å². The fourth-order valence-electron chi connectivity index (χ4n) is 2.48. The van der Waals surface area contributed by atoms with Crippen LogP contribution in [0.5, 0.6) is 0 Å². The maximum absolute atomic E-state index is 12.7. The summed E-state index contributed by atoms with van der Waals surface area (Å²) in [5, 5.41) is 0. The second-order valence-electron chi connectivity index (χ2n) is 5.21. The summed E-state index contributed by atoms with van der Waals surface area (Å²) in [6, 6.07) is 5.43. The van der Waals surface area contributed by atoms with Crippen molar-refractivity contribution in [1.82, 2.24) is 9.80 Å². The number of nitrogens with zero attached hydrogens (tertiary/aromatic N) is 2. The van der Waals surface area contributed by atoms with Crippen molar-refractivity contribution in [3.63, 3.8) is 0 Å². The first kappa shape index (κ1) is 15.8. The molecule has 1 amide bonds. The summed E-state index contributed by atoms with van der Waals surface area (Å²) in [7, 11) is 0. The van der Waals surface area contributed by atoms with Crippen molar-refractivity contribution in [3.8, 4) is 0 Å². The van der Waals surface area contributed by atoms with E-state index in [2.05, 4.69) is 4.90 Å². The van der Waals surface area contributed by atoms with Crippen molar-refractivity contribution in [2.24, 2.45) is 0 Å². The fourth-order valence-corrected chi connectivity index (χ4v) is 2.48. The lowest BCUT2D eigenvalue weighted by Crippen LogP contribution is -2.48. The SMILES string of the molecule is CCC(=O)N1CCN(Cc2cccc(C(F)(F)F)c2)CC1. The van der Waals surface area contributed by atoms with Crippen molar-refractivity contribution < 1.29 is 18.0 Å². The van der Waals surface area contributed by atoms with Gasteiger partial charge in [0.05, 0.1) is 5.56 Å². The van der Waals surface area contributed by atoms with Crippen molar-refractivity contribution >= 4 is 5.91 Å². The van der Waals surface area contributed by atoms with Crippen LogP contribution in [-0.2, 0) is 17.5 Å². The number of carbonyl (C=O) groups is 1. The van der Waals surface area contributed by atoms with Crippen molar-refractivity contribution in [2.45, 2.75) is 26.1 Å². The van der Waals surface area contributed by atoms with Gasteiger partial charge in [0, 0.05) is 39.1 Å². The highest BCUT2D eigenvalue weighted by molar-refractivity contribution is 5.75. The largest absolute Gasteiger partial charge is 0.416 e. The van der Waals surface area contributed by atoms with Crippen molar-refractivity contribution in [2.75, 3.05) is 26.2 Å². The van der Waals surface area contributed by atoms with E-state index in [4.69, 9.17) is 0 Å². The number of rotatable bonds is 3. The number of carbonyl (C=O) groups excluding carboxylic acids is 1. The van der Waals surface area contributed by atoms with E-state index in [-0.39, 0.29) is 5.91 Å². The molecule has 1 aromatic rings. The normalized spacial score (nSPS) is 17.0. The minimum Gasteiger partial charge on any atom is -0.340 e. The Hall–Kier alpha value is -1.56. The van der Waals surface area contributed by atoms with Crippen LogP contribution in [0.25, 0.3) is 0 Å². The quantitative estimate of drug-likeness (QED) is 0.857. The highest BCUT2D eigenvalue weighted by atomic mass is 19.4. The molecule has 1 fully saturated rings. The highest BCUT2D eigenvalue weighted by Crippen LogP contribution is 2.29. The predicted octanol–water partition coefficient (Wildman–Crippen LogP) is 2.76. The topological polar surface area (TPSA) is 23.6 Å². The van der Waals surface area contributed by atoms with Crippen LogP contribution in [0.15, 0.2) is 24.3 Å². The molecule has 0 saturated carbocycles. The summed E-state index contributed by atoms with van der Waals surface area (Å²) in [4.78, 5) is 15.5. The molecule has 0 aromatic heterocycles. The third kappa shape index (κ3) is 4.20. The van der Waals surface area contributed by atoms with E-state index in [9.17, 15) is 18.0 Å². The Labute approximate surface area is 122 Å². The van der Waals surface area contributed by atoms with Gasteiger partial charge in [-0.05, 0) is 11.6 Å². The van der Waals surface area contributed by atoms with E-state index in [1.54, 1.807) is 6.07 Å². The molecule has 1 aromatic carbocycles. The molecule has 0 unspecified atom stereocenters. The van der Waals surface area contributed by atoms with E-state index < -0.39 is 11.7 Å². The monoisotopic (exact) mass is 300 g/mol. The molecule has 1 aliphatic rings. The molecule has 21 heavy (non-hydrogen) atoms. The van der Waals surface area contributed by atoms with Crippen molar-refractivity contribution in [3.05, 3.63) is 35.4 Å². The molecule has 0 aliphatic carbocycles. The smallest absolute Gasteiger partial charge is 0.340 e. The molecule has 0 N–H and O–H groups in total. The summed E-state index contributed by atoms with van der Waals surface area (Å²) in [5.74, 6) is 0.133. The zero-order valence-electron chi connectivity index (χ0n) is 12.0. The molecule has 0 atom stereocenters. The Balaban J connectivity index is 1.93. The maximum atomic E-state index is 12.7. The van der Waals surface area contributed by atoms with Crippen LogP contribution in [0.3, 0.4) is 0 Å². The highest BCUT2D eigenvalue weighted by Gasteiger charge is 2.30. The molecular weight excluding hydrogens is 281 g/mol. The third-order valence-corrected chi connectivity index (χ3v) is 3.69. The first-order valence-electron chi connectivity index (χ1n) is 7.06. The maximum Gasteiger partial charge on any atom is 0.416 e. The molecule has 2 rings (SSSR count). The van der Waals surface area contributed by atoms with E-state index in [1.165, 1.54) is 12.1 Å². The number of halogens is 3. The standard InChI is InChI=1S/C15H19F3N2O/c1-2-14(21)20-8-6-19(7-9-20)11-12-4-3-5-13(10-12)15(16,17)18/h3-5,10H,2,6-9,11H2,1H3. The zero-order chi connectivity index (χ0) is 15.5. The van der Waals surface area contributed by atoms with Gasteiger partial charge in [-0.2, -0.15) is 13.2 Å².